The second kappa shape index (κ2) is 5.76. The quantitative estimate of drug-likeness (QED) is 0.728. The highest BCUT2D eigenvalue weighted by molar-refractivity contribution is 5.78. The van der Waals surface area contributed by atoms with Crippen LogP contribution in [0.15, 0.2) is 24.7 Å². The molecule has 9 heteroatoms. The van der Waals surface area contributed by atoms with Crippen LogP contribution in [0.5, 0.6) is 0 Å². The van der Waals surface area contributed by atoms with E-state index in [9.17, 15) is 4.79 Å². The Morgan fingerprint density at radius 2 is 2.24 bits per heavy atom. The summed E-state index contributed by atoms with van der Waals surface area (Å²) in [6, 6.07) is 1.79. The van der Waals surface area contributed by atoms with Gasteiger partial charge in [-0.1, -0.05) is 0 Å². The summed E-state index contributed by atoms with van der Waals surface area (Å²) in [5.41, 5.74) is 8.61. The Hall–Kier alpha value is -3.10. The zero-order chi connectivity index (χ0) is 17.6. The summed E-state index contributed by atoms with van der Waals surface area (Å²) in [6.45, 7) is 1.45. The summed E-state index contributed by atoms with van der Waals surface area (Å²) in [5, 5.41) is 17.5. The van der Waals surface area contributed by atoms with E-state index < -0.39 is 5.97 Å². The second-order valence-electron chi connectivity index (χ2n) is 6.43. The third-order valence-corrected chi connectivity index (χ3v) is 4.57. The minimum absolute atomic E-state index is 0.138. The number of aryl methyl sites for hydroxylation is 1. The predicted molar refractivity (Wildman–Crippen MR) is 92.2 cm³/mol. The van der Waals surface area contributed by atoms with Crippen LogP contribution in [0, 0.1) is 5.92 Å². The molecule has 25 heavy (non-hydrogen) atoms. The summed E-state index contributed by atoms with van der Waals surface area (Å²) < 4.78 is 3.33. The molecule has 0 aromatic carbocycles. The topological polar surface area (TPSA) is 115 Å². The number of hydrogen-bond donors (Lipinski definition) is 2. The number of nitrogens with zero attached hydrogens (tertiary/aromatic N) is 6. The van der Waals surface area contributed by atoms with Crippen LogP contribution >= 0.6 is 0 Å². The van der Waals surface area contributed by atoms with Crippen molar-refractivity contribution >= 4 is 23.3 Å². The Morgan fingerprint density at radius 1 is 1.40 bits per heavy atom. The maximum Gasteiger partial charge on any atom is 0.303 e. The van der Waals surface area contributed by atoms with Crippen LogP contribution in [0.1, 0.15) is 12.8 Å². The van der Waals surface area contributed by atoms with Gasteiger partial charge in [0.05, 0.1) is 12.4 Å². The minimum Gasteiger partial charge on any atom is -0.481 e. The van der Waals surface area contributed by atoms with Crippen molar-refractivity contribution in [2.45, 2.75) is 12.8 Å². The Morgan fingerprint density at radius 3 is 2.96 bits per heavy atom. The van der Waals surface area contributed by atoms with Crippen molar-refractivity contribution in [2.75, 3.05) is 23.7 Å². The van der Waals surface area contributed by atoms with Crippen molar-refractivity contribution < 1.29 is 9.90 Å². The molecule has 1 saturated heterocycles. The molecule has 0 bridgehead atoms. The van der Waals surface area contributed by atoms with Gasteiger partial charge in [0.15, 0.2) is 5.65 Å². The molecular weight excluding hydrogens is 322 g/mol. The van der Waals surface area contributed by atoms with Gasteiger partial charge in [-0.2, -0.15) is 14.7 Å². The lowest BCUT2D eigenvalue weighted by Crippen LogP contribution is -2.22. The largest absolute Gasteiger partial charge is 0.481 e. The van der Waals surface area contributed by atoms with Gasteiger partial charge >= 0.3 is 5.97 Å². The van der Waals surface area contributed by atoms with Gasteiger partial charge in [-0.05, 0) is 12.3 Å². The number of carbonyl (C=O) groups is 1. The van der Waals surface area contributed by atoms with E-state index in [2.05, 4.69) is 15.1 Å². The van der Waals surface area contributed by atoms with Crippen molar-refractivity contribution in [1.82, 2.24) is 24.4 Å². The molecule has 3 N–H and O–H groups in total. The van der Waals surface area contributed by atoms with E-state index in [4.69, 9.17) is 15.8 Å². The van der Waals surface area contributed by atoms with E-state index >= 15 is 0 Å². The molecule has 0 radical (unpaired) electrons. The van der Waals surface area contributed by atoms with Gasteiger partial charge < -0.3 is 15.7 Å². The molecule has 3 aromatic rings. The highest BCUT2D eigenvalue weighted by atomic mass is 16.4. The molecule has 0 amide bonds. The van der Waals surface area contributed by atoms with Gasteiger partial charge in [0.1, 0.15) is 11.6 Å². The summed E-state index contributed by atoms with van der Waals surface area (Å²) >= 11 is 0. The smallest absolute Gasteiger partial charge is 0.303 e. The summed E-state index contributed by atoms with van der Waals surface area (Å²) in [6.07, 6.45) is 6.42. The molecular formula is C16H19N7O2. The molecule has 130 valence electrons. The van der Waals surface area contributed by atoms with Crippen LogP contribution in [0.3, 0.4) is 0 Å². The van der Waals surface area contributed by atoms with Crippen LogP contribution < -0.4 is 10.6 Å². The normalized spacial score (nSPS) is 17.5. The fourth-order valence-electron chi connectivity index (χ4n) is 3.35. The minimum atomic E-state index is -0.760. The van der Waals surface area contributed by atoms with Gasteiger partial charge in [0.25, 0.3) is 0 Å². The summed E-state index contributed by atoms with van der Waals surface area (Å²) in [5.74, 6) is 0.629. The van der Waals surface area contributed by atoms with E-state index in [1.54, 1.807) is 27.7 Å². The maximum atomic E-state index is 10.9. The number of nitrogen functional groups attached to an aromatic ring is 1. The Labute approximate surface area is 143 Å². The molecule has 3 aromatic heterocycles. The number of aliphatic carboxylic acids is 1. The lowest BCUT2D eigenvalue weighted by Gasteiger charge is -2.18. The van der Waals surface area contributed by atoms with Gasteiger partial charge in [0, 0.05) is 49.9 Å². The number of nitrogens with two attached hydrogens (primary N) is 1. The number of carboxylic acid groups (broad SMARTS) is 1. The molecule has 1 aliphatic rings. The first-order chi connectivity index (χ1) is 12.0. The van der Waals surface area contributed by atoms with Crippen LogP contribution in [0.25, 0.3) is 16.8 Å². The number of anilines is 2. The van der Waals surface area contributed by atoms with Crippen molar-refractivity contribution in [3.63, 3.8) is 0 Å². The van der Waals surface area contributed by atoms with Gasteiger partial charge in [-0.3, -0.25) is 9.48 Å². The van der Waals surface area contributed by atoms with Crippen LogP contribution in [0.4, 0.5) is 11.6 Å². The standard InChI is InChI=1S/C16H19N7O2/c1-21-9-11(6-18-21)12-7-19-23-13(17)5-14(20-16(12)23)22-3-2-10(8-22)4-15(24)25/h5-7,9-10H,2-4,8,17H2,1H3,(H,24,25). The van der Waals surface area contributed by atoms with Crippen LogP contribution in [0.2, 0.25) is 0 Å². The van der Waals surface area contributed by atoms with Gasteiger partial charge in [-0.15, -0.1) is 0 Å². The maximum absolute atomic E-state index is 10.9. The van der Waals surface area contributed by atoms with E-state index in [0.717, 1.165) is 29.9 Å². The van der Waals surface area contributed by atoms with Gasteiger partial charge in [-0.25, -0.2) is 4.98 Å². The lowest BCUT2D eigenvalue weighted by molar-refractivity contribution is -0.137. The average Bonchev–Trinajstić information content (AvgIpc) is 3.25. The zero-order valence-corrected chi connectivity index (χ0v) is 13.8. The molecule has 1 atom stereocenters. The number of carboxylic acids is 1. The Balaban J connectivity index is 1.70. The molecule has 1 aliphatic heterocycles. The van der Waals surface area contributed by atoms with E-state index in [-0.39, 0.29) is 12.3 Å². The fraction of sp³-hybridized carbons (Fsp3) is 0.375. The SMILES string of the molecule is Cn1cc(-c2cnn3c(N)cc(N4CCC(CC(=O)O)C4)nc23)cn1. The zero-order valence-electron chi connectivity index (χ0n) is 13.8. The number of fused-ring (bicyclic) bond motifs is 1. The van der Waals surface area contributed by atoms with Crippen molar-refractivity contribution in [1.29, 1.82) is 0 Å². The molecule has 0 aliphatic carbocycles. The van der Waals surface area contributed by atoms with Crippen molar-refractivity contribution in [3.05, 3.63) is 24.7 Å². The monoisotopic (exact) mass is 341 g/mol. The number of aromatic nitrogens is 5. The molecule has 4 rings (SSSR count). The lowest BCUT2D eigenvalue weighted by atomic mass is 10.1. The molecule has 1 unspecified atom stereocenters. The molecule has 9 nitrogen and oxygen atoms in total. The average molecular weight is 341 g/mol. The Kier molecular flexibility index (Phi) is 3.56. The number of hydrogen-bond acceptors (Lipinski definition) is 6. The summed E-state index contributed by atoms with van der Waals surface area (Å²) in [4.78, 5) is 17.7. The fourth-order valence-corrected chi connectivity index (χ4v) is 3.35. The predicted octanol–water partition coefficient (Wildman–Crippen LogP) is 1.01. The molecule has 1 fully saturated rings. The first kappa shape index (κ1) is 15.4. The molecule has 0 spiro atoms. The highest BCUT2D eigenvalue weighted by Gasteiger charge is 2.26. The van der Waals surface area contributed by atoms with Gasteiger partial charge in [0.2, 0.25) is 0 Å². The van der Waals surface area contributed by atoms with Crippen molar-refractivity contribution in [2.24, 2.45) is 13.0 Å². The van der Waals surface area contributed by atoms with Crippen LogP contribution in [-0.2, 0) is 11.8 Å². The van der Waals surface area contributed by atoms with E-state index in [1.807, 2.05) is 13.2 Å². The first-order valence-electron chi connectivity index (χ1n) is 8.11. The molecule has 4 heterocycles. The molecule has 0 saturated carbocycles. The summed E-state index contributed by atoms with van der Waals surface area (Å²) in [7, 11) is 1.86. The Bertz CT molecular complexity index is 945. The third-order valence-electron chi connectivity index (χ3n) is 4.57. The first-order valence-corrected chi connectivity index (χ1v) is 8.11. The third kappa shape index (κ3) is 2.77. The second-order valence-corrected chi connectivity index (χ2v) is 6.43. The van der Waals surface area contributed by atoms with E-state index in [1.165, 1.54) is 0 Å². The number of rotatable bonds is 4. The van der Waals surface area contributed by atoms with Crippen molar-refractivity contribution in [3.8, 4) is 11.1 Å². The van der Waals surface area contributed by atoms with E-state index in [0.29, 0.717) is 18.0 Å². The highest BCUT2D eigenvalue weighted by Crippen LogP contribution is 2.29. The van der Waals surface area contributed by atoms with Crippen LogP contribution in [-0.4, -0.2) is 48.5 Å².